The van der Waals surface area contributed by atoms with Gasteiger partial charge in [-0.05, 0) is 23.4 Å². The summed E-state index contributed by atoms with van der Waals surface area (Å²) in [7, 11) is 0. The minimum absolute atomic E-state index is 0.0135. The molecule has 0 spiro atoms. The zero-order valence-electron chi connectivity index (χ0n) is 14.5. The number of alkyl halides is 3. The van der Waals surface area contributed by atoms with Gasteiger partial charge in [0.2, 0.25) is 5.84 Å². The summed E-state index contributed by atoms with van der Waals surface area (Å²) in [5, 5.41) is 37.4. The lowest BCUT2D eigenvalue weighted by molar-refractivity contribution is -0.137. The zero-order valence-corrected chi connectivity index (χ0v) is 14.5. The molecule has 2 heterocycles. The summed E-state index contributed by atoms with van der Waals surface area (Å²) in [4.78, 5) is 0. The van der Waals surface area contributed by atoms with Crippen molar-refractivity contribution in [1.82, 2.24) is 25.6 Å². The van der Waals surface area contributed by atoms with Crippen molar-refractivity contribution in [3.63, 3.8) is 0 Å². The Labute approximate surface area is 156 Å². The summed E-state index contributed by atoms with van der Waals surface area (Å²) in [5.41, 5.74) is -0.563. The first-order chi connectivity index (χ1) is 13.4. The van der Waals surface area contributed by atoms with E-state index in [0.29, 0.717) is 6.54 Å². The van der Waals surface area contributed by atoms with Gasteiger partial charge < -0.3 is 10.5 Å². The Bertz CT molecular complexity index is 907. The molecule has 0 radical (unpaired) electrons. The minimum Gasteiger partial charge on any atom is -0.409 e. The smallest absolute Gasteiger partial charge is 0.409 e. The van der Waals surface area contributed by atoms with Gasteiger partial charge in [-0.25, -0.2) is 9.64 Å². The highest BCUT2D eigenvalue weighted by atomic mass is 19.4. The lowest BCUT2D eigenvalue weighted by atomic mass is 10.2. The molecule has 1 aromatic heterocycles. The average Bonchev–Trinajstić information content (AvgIpc) is 3.17. The zero-order chi connectivity index (χ0) is 20.3. The molecule has 1 fully saturated rings. The molecule has 10 nitrogen and oxygen atoms in total. The molecular weight excluding hydrogens is 381 g/mol. The number of hydrogen-bond donors (Lipinski definition) is 3. The van der Waals surface area contributed by atoms with E-state index in [9.17, 15) is 18.4 Å². The van der Waals surface area contributed by atoms with E-state index >= 15 is 0 Å². The Morgan fingerprint density at radius 1 is 1.43 bits per heavy atom. The van der Waals surface area contributed by atoms with Crippen LogP contribution in [0.1, 0.15) is 23.9 Å². The Morgan fingerprint density at radius 3 is 2.82 bits per heavy atom. The van der Waals surface area contributed by atoms with Crippen LogP contribution in [0.15, 0.2) is 34.1 Å². The molecule has 1 saturated heterocycles. The number of nitrogens with one attached hydrogen (secondary N) is 2. The second-order valence-electron chi connectivity index (χ2n) is 5.67. The fourth-order valence-corrected chi connectivity index (χ4v) is 2.57. The third kappa shape index (κ3) is 3.97. The quantitative estimate of drug-likeness (QED) is 0.167. The molecule has 1 aliphatic rings. The van der Waals surface area contributed by atoms with Crippen molar-refractivity contribution < 1.29 is 23.0 Å². The lowest BCUT2D eigenvalue weighted by Gasteiger charge is -2.10. The Balaban J connectivity index is 1.71. The van der Waals surface area contributed by atoms with Crippen LogP contribution in [0.4, 0.5) is 18.9 Å². The van der Waals surface area contributed by atoms with E-state index in [0.717, 1.165) is 12.1 Å². The number of nitriles is 1. The van der Waals surface area contributed by atoms with Crippen LogP contribution in [-0.4, -0.2) is 44.2 Å². The highest BCUT2D eigenvalue weighted by Gasteiger charge is 2.43. The molecule has 0 saturated carbocycles. The minimum atomic E-state index is -4.51. The van der Waals surface area contributed by atoms with E-state index in [1.165, 1.54) is 17.1 Å². The molecule has 2 atom stereocenters. The van der Waals surface area contributed by atoms with E-state index < -0.39 is 11.7 Å². The molecule has 148 valence electrons. The summed E-state index contributed by atoms with van der Waals surface area (Å²) in [6, 6.07) is 4.38. The molecule has 1 aliphatic heterocycles. The summed E-state index contributed by atoms with van der Waals surface area (Å²) in [6.07, 6.45) is -2.84. The number of rotatable bonds is 6. The molecule has 3 N–H and O–H groups in total. The van der Waals surface area contributed by atoms with E-state index in [2.05, 4.69) is 30.7 Å². The maximum atomic E-state index is 12.8. The number of hydrazine groups is 1. The van der Waals surface area contributed by atoms with Crippen molar-refractivity contribution in [2.45, 2.75) is 25.9 Å². The first-order valence-corrected chi connectivity index (χ1v) is 8.06. The summed E-state index contributed by atoms with van der Waals surface area (Å²) >= 11 is 0. The van der Waals surface area contributed by atoms with Crippen LogP contribution in [0.5, 0.6) is 0 Å². The van der Waals surface area contributed by atoms with E-state index in [-0.39, 0.29) is 35.7 Å². The fourth-order valence-electron chi connectivity index (χ4n) is 2.57. The van der Waals surface area contributed by atoms with Crippen LogP contribution in [0.2, 0.25) is 0 Å². The number of oxime groups is 1. The summed E-state index contributed by atoms with van der Waals surface area (Å²) in [6.45, 7) is 2.61. The van der Waals surface area contributed by atoms with Gasteiger partial charge in [0.1, 0.15) is 5.69 Å². The lowest BCUT2D eigenvalue weighted by Crippen LogP contribution is -2.25. The Kier molecular flexibility index (Phi) is 5.34. The molecule has 0 amide bonds. The van der Waals surface area contributed by atoms with Crippen LogP contribution < -0.4 is 10.6 Å². The van der Waals surface area contributed by atoms with Crippen molar-refractivity contribution >= 4 is 11.5 Å². The van der Waals surface area contributed by atoms with E-state index in [1.54, 1.807) is 5.01 Å². The first-order valence-electron chi connectivity index (χ1n) is 8.06. The van der Waals surface area contributed by atoms with Gasteiger partial charge in [0, 0.05) is 18.8 Å². The number of amidine groups is 1. The van der Waals surface area contributed by atoms with Gasteiger partial charge in [-0.2, -0.15) is 23.4 Å². The van der Waals surface area contributed by atoms with Crippen molar-refractivity contribution in [3.05, 3.63) is 41.2 Å². The molecule has 0 bridgehead atoms. The van der Waals surface area contributed by atoms with Crippen LogP contribution in [0, 0.1) is 11.5 Å². The predicted octanol–water partition coefficient (Wildman–Crippen LogP) is 1.74. The van der Waals surface area contributed by atoms with Crippen molar-refractivity contribution in [2.75, 3.05) is 11.9 Å². The third-order valence-corrected chi connectivity index (χ3v) is 3.95. The van der Waals surface area contributed by atoms with Crippen molar-refractivity contribution in [2.24, 2.45) is 5.16 Å². The molecule has 0 aliphatic carbocycles. The van der Waals surface area contributed by atoms with Gasteiger partial charge in [-0.15, -0.1) is 0 Å². The van der Waals surface area contributed by atoms with Gasteiger partial charge in [-0.3, -0.25) is 5.32 Å². The van der Waals surface area contributed by atoms with Gasteiger partial charge in [0.15, 0.2) is 18.2 Å². The predicted molar refractivity (Wildman–Crippen MR) is 88.1 cm³/mol. The molecule has 1 aromatic carbocycles. The maximum Gasteiger partial charge on any atom is 0.416 e. The molecule has 13 heteroatoms. The molecule has 28 heavy (non-hydrogen) atoms. The van der Waals surface area contributed by atoms with Crippen LogP contribution >= 0.6 is 0 Å². The van der Waals surface area contributed by atoms with Crippen molar-refractivity contribution in [3.8, 4) is 6.19 Å². The Hall–Kier alpha value is -3.37. The molecular formula is C15H15F3N8O2. The first kappa shape index (κ1) is 19.4. The number of nitrogens with zero attached hydrogens (tertiary/aromatic N) is 6. The van der Waals surface area contributed by atoms with E-state index in [4.69, 9.17) is 5.26 Å². The third-order valence-electron chi connectivity index (χ3n) is 3.95. The number of aromatic nitrogens is 2. The van der Waals surface area contributed by atoms with E-state index in [1.807, 2.05) is 13.1 Å². The second-order valence-corrected chi connectivity index (χ2v) is 5.67. The highest BCUT2D eigenvalue weighted by molar-refractivity contribution is 6.07. The molecule has 2 aromatic rings. The average molecular weight is 396 g/mol. The van der Waals surface area contributed by atoms with Crippen LogP contribution in [0.25, 0.3) is 0 Å². The van der Waals surface area contributed by atoms with Gasteiger partial charge in [0.25, 0.3) is 0 Å². The summed E-state index contributed by atoms with van der Waals surface area (Å²) < 4.78 is 43.2. The normalized spacial score (nSPS) is 19.4. The topological polar surface area (TPSA) is 125 Å². The fraction of sp³-hybridized carbons (Fsp3) is 0.333. The second kappa shape index (κ2) is 7.71. The standard InChI is InChI=1S/C15H15F3N8O2/c1-2-25-14(26(25)8-19)20-7-11-12(24-28-23-11)13(22-27)21-10-5-3-4-9(6-10)15(16,17)18/h3-6,14,20,27H,2,7H2,1H3,(H,21,22). The monoisotopic (exact) mass is 396 g/mol. The number of anilines is 1. The Morgan fingerprint density at radius 2 is 2.21 bits per heavy atom. The largest absolute Gasteiger partial charge is 0.416 e. The summed E-state index contributed by atoms with van der Waals surface area (Å²) in [5.74, 6) is -0.238. The van der Waals surface area contributed by atoms with Crippen LogP contribution in [-0.2, 0) is 12.7 Å². The SMILES string of the molecule is CCN1C(NCc2nonc2/C(=N\O)Nc2cccc(C(F)(F)F)c2)N1C#N. The molecule has 2 unspecified atom stereocenters. The van der Waals surface area contributed by atoms with Gasteiger partial charge in [0.05, 0.1) is 5.56 Å². The van der Waals surface area contributed by atoms with Gasteiger partial charge >= 0.3 is 6.18 Å². The number of benzene rings is 1. The number of halogens is 3. The van der Waals surface area contributed by atoms with Crippen molar-refractivity contribution in [1.29, 1.82) is 5.26 Å². The molecule has 3 rings (SSSR count). The van der Waals surface area contributed by atoms with Crippen LogP contribution in [0.3, 0.4) is 0 Å². The number of hydrogen-bond acceptors (Lipinski definition) is 9. The van der Waals surface area contributed by atoms with Gasteiger partial charge in [-0.1, -0.05) is 23.3 Å². The highest BCUT2D eigenvalue weighted by Crippen LogP contribution is 2.30. The maximum absolute atomic E-state index is 12.8.